The summed E-state index contributed by atoms with van der Waals surface area (Å²) < 4.78 is 12.2. The van der Waals surface area contributed by atoms with E-state index in [4.69, 9.17) is 9.47 Å². The smallest absolute Gasteiger partial charge is 0.313 e. The monoisotopic (exact) mass is 253 g/mol. The average Bonchev–Trinajstić information content (AvgIpc) is 2.42. The lowest BCUT2D eigenvalue weighted by atomic mass is 10.1. The Labute approximate surface area is 112 Å². The van der Waals surface area contributed by atoms with Crippen LogP contribution in [0.5, 0.6) is 11.5 Å². The molecule has 4 rings (SSSR count). The number of fused-ring (bicyclic) bond motifs is 3. The van der Waals surface area contributed by atoms with E-state index >= 15 is 0 Å². The Kier molecular flexibility index (Phi) is 2.15. The second kappa shape index (κ2) is 3.75. The van der Waals surface area contributed by atoms with Crippen molar-refractivity contribution in [3.63, 3.8) is 0 Å². The van der Waals surface area contributed by atoms with Gasteiger partial charge in [0.25, 0.3) is 0 Å². The third-order valence-corrected chi connectivity index (χ3v) is 3.84. The van der Waals surface area contributed by atoms with Gasteiger partial charge in [0.15, 0.2) is 0 Å². The lowest BCUT2D eigenvalue weighted by Crippen LogP contribution is -2.58. The number of hydrogen-bond donors (Lipinski definition) is 0. The van der Waals surface area contributed by atoms with Crippen molar-refractivity contribution in [1.29, 1.82) is 0 Å². The Bertz CT molecular complexity index is 587. The molecule has 0 atom stereocenters. The molecule has 2 heterocycles. The van der Waals surface area contributed by atoms with Gasteiger partial charge in [0.1, 0.15) is 11.5 Å². The molecule has 2 aromatic carbocycles. The molecule has 3 nitrogen and oxygen atoms in total. The SMILES string of the molecule is CC12Oc3ccccc3CN1Cc1ccccc1O2. The summed E-state index contributed by atoms with van der Waals surface area (Å²) in [5.41, 5.74) is 2.42. The Morgan fingerprint density at radius 2 is 1.32 bits per heavy atom. The maximum absolute atomic E-state index is 6.08. The van der Waals surface area contributed by atoms with E-state index in [1.807, 2.05) is 43.3 Å². The molecule has 0 N–H and O–H groups in total. The zero-order valence-electron chi connectivity index (χ0n) is 10.8. The van der Waals surface area contributed by atoms with Gasteiger partial charge in [-0.1, -0.05) is 36.4 Å². The van der Waals surface area contributed by atoms with Crippen molar-refractivity contribution in [1.82, 2.24) is 4.90 Å². The first-order chi connectivity index (χ1) is 9.24. The minimum atomic E-state index is -0.706. The predicted octanol–water partition coefficient (Wildman–Crippen LogP) is 3.15. The van der Waals surface area contributed by atoms with Crippen LogP contribution in [-0.2, 0) is 13.1 Å². The standard InChI is InChI=1S/C16H15NO2/c1-16-17(10-12-6-2-4-8-14(12)18-16)11-13-7-3-5-9-15(13)19-16/h2-9H,10-11H2,1H3. The Hall–Kier alpha value is -2.00. The number of hydrogen-bond acceptors (Lipinski definition) is 3. The predicted molar refractivity (Wildman–Crippen MR) is 71.8 cm³/mol. The number of benzene rings is 2. The van der Waals surface area contributed by atoms with Gasteiger partial charge in [-0.3, -0.25) is 0 Å². The highest BCUT2D eigenvalue weighted by Crippen LogP contribution is 2.40. The number of para-hydroxylation sites is 2. The van der Waals surface area contributed by atoms with Crippen molar-refractivity contribution in [2.24, 2.45) is 0 Å². The first-order valence-corrected chi connectivity index (χ1v) is 6.53. The fraction of sp³-hybridized carbons (Fsp3) is 0.250. The summed E-state index contributed by atoms with van der Waals surface area (Å²) in [6, 6.07) is 16.3. The van der Waals surface area contributed by atoms with E-state index in [0.717, 1.165) is 24.6 Å². The van der Waals surface area contributed by atoms with E-state index in [1.165, 1.54) is 11.1 Å². The van der Waals surface area contributed by atoms with Crippen LogP contribution in [-0.4, -0.2) is 10.8 Å². The van der Waals surface area contributed by atoms with Crippen LogP contribution >= 0.6 is 0 Å². The van der Waals surface area contributed by atoms with Crippen LogP contribution in [0.2, 0.25) is 0 Å². The molecule has 0 saturated heterocycles. The van der Waals surface area contributed by atoms with Crippen LogP contribution in [0.3, 0.4) is 0 Å². The van der Waals surface area contributed by atoms with Gasteiger partial charge in [0, 0.05) is 31.1 Å². The second-order valence-corrected chi connectivity index (χ2v) is 5.17. The molecule has 96 valence electrons. The van der Waals surface area contributed by atoms with Crippen molar-refractivity contribution in [2.45, 2.75) is 25.9 Å². The van der Waals surface area contributed by atoms with Gasteiger partial charge in [0.2, 0.25) is 0 Å². The van der Waals surface area contributed by atoms with E-state index in [0.29, 0.717) is 0 Å². The topological polar surface area (TPSA) is 21.7 Å². The third-order valence-electron chi connectivity index (χ3n) is 3.84. The molecule has 0 aromatic heterocycles. The first-order valence-electron chi connectivity index (χ1n) is 6.53. The van der Waals surface area contributed by atoms with E-state index < -0.39 is 5.91 Å². The van der Waals surface area contributed by atoms with Crippen molar-refractivity contribution in [2.75, 3.05) is 0 Å². The molecule has 0 unspecified atom stereocenters. The van der Waals surface area contributed by atoms with Crippen LogP contribution in [0.25, 0.3) is 0 Å². The van der Waals surface area contributed by atoms with Gasteiger partial charge in [-0.2, -0.15) is 0 Å². The summed E-state index contributed by atoms with van der Waals surface area (Å²) in [6.45, 7) is 3.68. The molecule has 2 aromatic rings. The molecule has 3 heteroatoms. The van der Waals surface area contributed by atoms with Crippen LogP contribution in [0.4, 0.5) is 0 Å². The molecule has 0 spiro atoms. The molecule has 19 heavy (non-hydrogen) atoms. The quantitative estimate of drug-likeness (QED) is 0.720. The van der Waals surface area contributed by atoms with Crippen molar-refractivity contribution in [3.05, 3.63) is 59.7 Å². The normalized spacial score (nSPS) is 19.4. The zero-order valence-corrected chi connectivity index (χ0v) is 10.8. The largest absolute Gasteiger partial charge is 0.439 e. The summed E-state index contributed by atoms with van der Waals surface area (Å²) in [7, 11) is 0. The number of rotatable bonds is 0. The fourth-order valence-corrected chi connectivity index (χ4v) is 2.78. The molecule has 0 radical (unpaired) electrons. The van der Waals surface area contributed by atoms with Crippen molar-refractivity contribution in [3.8, 4) is 11.5 Å². The minimum absolute atomic E-state index is 0.706. The van der Waals surface area contributed by atoms with Gasteiger partial charge in [-0.15, -0.1) is 0 Å². The molecule has 0 bridgehead atoms. The molecule has 0 aliphatic carbocycles. The fourth-order valence-electron chi connectivity index (χ4n) is 2.78. The van der Waals surface area contributed by atoms with Crippen LogP contribution in [0, 0.1) is 0 Å². The van der Waals surface area contributed by atoms with Gasteiger partial charge < -0.3 is 9.47 Å². The second-order valence-electron chi connectivity index (χ2n) is 5.17. The zero-order chi connectivity index (χ0) is 12.9. The maximum atomic E-state index is 6.08. The minimum Gasteiger partial charge on any atom is -0.439 e. The van der Waals surface area contributed by atoms with Crippen molar-refractivity contribution >= 4 is 0 Å². The van der Waals surface area contributed by atoms with Gasteiger partial charge in [-0.25, -0.2) is 4.90 Å². The van der Waals surface area contributed by atoms with Crippen molar-refractivity contribution < 1.29 is 9.47 Å². The summed E-state index contributed by atoms with van der Waals surface area (Å²) in [6.07, 6.45) is 0. The maximum Gasteiger partial charge on any atom is 0.313 e. The molecule has 2 aliphatic rings. The van der Waals surface area contributed by atoms with E-state index in [2.05, 4.69) is 17.0 Å². The highest BCUT2D eigenvalue weighted by Gasteiger charge is 2.44. The Morgan fingerprint density at radius 3 is 1.84 bits per heavy atom. The Morgan fingerprint density at radius 1 is 0.842 bits per heavy atom. The van der Waals surface area contributed by atoms with Gasteiger partial charge in [0.05, 0.1) is 0 Å². The van der Waals surface area contributed by atoms with Crippen LogP contribution < -0.4 is 9.47 Å². The van der Waals surface area contributed by atoms with Gasteiger partial charge >= 0.3 is 5.91 Å². The number of nitrogens with zero attached hydrogens (tertiary/aromatic N) is 1. The summed E-state index contributed by atoms with van der Waals surface area (Å²) in [5, 5.41) is 0. The van der Waals surface area contributed by atoms with E-state index in [-0.39, 0.29) is 0 Å². The average molecular weight is 253 g/mol. The first kappa shape index (κ1) is 10.9. The van der Waals surface area contributed by atoms with E-state index in [9.17, 15) is 0 Å². The highest BCUT2D eigenvalue weighted by atomic mass is 16.7. The lowest BCUT2D eigenvalue weighted by molar-refractivity contribution is -0.239. The molecule has 2 aliphatic heterocycles. The van der Waals surface area contributed by atoms with Gasteiger partial charge in [-0.05, 0) is 12.1 Å². The number of ether oxygens (including phenoxy) is 2. The molecular formula is C16H15NO2. The summed E-state index contributed by atoms with van der Waals surface area (Å²) in [4.78, 5) is 2.22. The molecular weight excluding hydrogens is 238 g/mol. The van der Waals surface area contributed by atoms with Crippen LogP contribution in [0.15, 0.2) is 48.5 Å². The molecule has 0 saturated carbocycles. The third kappa shape index (κ3) is 1.62. The molecule has 0 fully saturated rings. The Balaban J connectivity index is 1.77. The lowest BCUT2D eigenvalue weighted by Gasteiger charge is -2.47. The van der Waals surface area contributed by atoms with E-state index in [1.54, 1.807) is 0 Å². The highest BCUT2D eigenvalue weighted by molar-refractivity contribution is 5.39. The van der Waals surface area contributed by atoms with Crippen LogP contribution in [0.1, 0.15) is 18.1 Å². The molecule has 0 amide bonds. The summed E-state index contributed by atoms with van der Waals surface area (Å²) >= 11 is 0. The summed E-state index contributed by atoms with van der Waals surface area (Å²) in [5.74, 6) is 1.13.